The van der Waals surface area contributed by atoms with Gasteiger partial charge in [0.25, 0.3) is 0 Å². The first kappa shape index (κ1) is 27.2. The zero-order chi connectivity index (χ0) is 26.9. The highest BCUT2D eigenvalue weighted by Gasteiger charge is 2.44. The average molecular weight is 496 g/mol. The lowest BCUT2D eigenvalue weighted by Crippen LogP contribution is -2.41. The summed E-state index contributed by atoms with van der Waals surface area (Å²) in [7, 11) is 0. The predicted molar refractivity (Wildman–Crippen MR) is 159 cm³/mol. The van der Waals surface area contributed by atoms with E-state index in [9.17, 15) is 4.79 Å². The molecule has 3 aromatic rings. The lowest BCUT2D eigenvalue weighted by Gasteiger charge is -2.35. The van der Waals surface area contributed by atoms with Crippen molar-refractivity contribution in [1.82, 2.24) is 0 Å². The van der Waals surface area contributed by atoms with Crippen molar-refractivity contribution >= 4 is 11.5 Å². The van der Waals surface area contributed by atoms with E-state index < -0.39 is 0 Å². The van der Waals surface area contributed by atoms with Gasteiger partial charge in [-0.05, 0) is 57.9 Å². The van der Waals surface area contributed by atoms with Crippen LogP contribution in [0.2, 0.25) is 0 Å². The number of Topliss-reactive ketones (excluding diaryl/α,β-unsaturated/α-hetero) is 1. The molecule has 0 spiro atoms. The van der Waals surface area contributed by atoms with Gasteiger partial charge in [0.15, 0.2) is 5.78 Å². The van der Waals surface area contributed by atoms with Gasteiger partial charge in [0.2, 0.25) is 0 Å². The van der Waals surface area contributed by atoms with Crippen molar-refractivity contribution in [2.75, 3.05) is 11.4 Å². The van der Waals surface area contributed by atoms with Gasteiger partial charge in [0, 0.05) is 23.7 Å². The first-order valence-corrected chi connectivity index (χ1v) is 14.2. The van der Waals surface area contributed by atoms with Crippen LogP contribution in [0.3, 0.4) is 0 Å². The molecule has 0 bridgehead atoms. The van der Waals surface area contributed by atoms with Crippen LogP contribution in [0.5, 0.6) is 0 Å². The number of hydrogen-bond donors (Lipinski definition) is 0. The minimum Gasteiger partial charge on any atom is -0.360 e. The van der Waals surface area contributed by atoms with E-state index in [0.717, 1.165) is 18.5 Å². The van der Waals surface area contributed by atoms with Crippen LogP contribution in [0.1, 0.15) is 130 Å². The minimum absolute atomic E-state index is 0.156. The van der Waals surface area contributed by atoms with E-state index in [1.807, 2.05) is 30.3 Å². The minimum atomic E-state index is -0.225. The normalized spacial score (nSPS) is 18.0. The molecule has 0 N–H and O–H groups in total. The van der Waals surface area contributed by atoms with Crippen LogP contribution in [0.15, 0.2) is 66.7 Å². The largest absolute Gasteiger partial charge is 0.360 e. The van der Waals surface area contributed by atoms with Crippen molar-refractivity contribution in [3.05, 3.63) is 100 Å². The molecule has 37 heavy (non-hydrogen) atoms. The molecule has 2 nitrogen and oxygen atoms in total. The van der Waals surface area contributed by atoms with Gasteiger partial charge in [-0.15, -0.1) is 0 Å². The molecule has 196 valence electrons. The highest BCUT2D eigenvalue weighted by molar-refractivity contribution is 6.03. The topological polar surface area (TPSA) is 20.3 Å². The van der Waals surface area contributed by atoms with Crippen molar-refractivity contribution in [2.45, 2.75) is 97.4 Å². The first-order chi connectivity index (χ1) is 17.6. The lowest BCUT2D eigenvalue weighted by molar-refractivity contribution is 0.0955. The van der Waals surface area contributed by atoms with Gasteiger partial charge in [-0.1, -0.05) is 122 Å². The summed E-state index contributed by atoms with van der Waals surface area (Å²) in [6.07, 6.45) is 0.983. The highest BCUT2D eigenvalue weighted by Crippen LogP contribution is 2.47. The molecule has 1 aliphatic rings. The molecule has 1 heterocycles. The molecular formula is C35H45NO. The fourth-order valence-corrected chi connectivity index (χ4v) is 6.32. The van der Waals surface area contributed by atoms with Gasteiger partial charge in [0.1, 0.15) is 0 Å². The maximum atomic E-state index is 14.5. The molecular weight excluding hydrogens is 450 g/mol. The fourth-order valence-electron chi connectivity index (χ4n) is 6.32. The summed E-state index contributed by atoms with van der Waals surface area (Å²) in [4.78, 5) is 17.0. The monoisotopic (exact) mass is 495 g/mol. The number of carbonyl (C=O) groups excluding carboxylic acids is 1. The Hall–Kier alpha value is -2.87. The van der Waals surface area contributed by atoms with E-state index >= 15 is 0 Å². The molecule has 2 atom stereocenters. The molecule has 1 saturated heterocycles. The smallest absolute Gasteiger partial charge is 0.185 e. The maximum Gasteiger partial charge on any atom is 0.185 e. The molecule has 2 heteroatoms. The van der Waals surface area contributed by atoms with E-state index in [1.165, 1.54) is 33.5 Å². The Morgan fingerprint density at radius 1 is 0.649 bits per heavy atom. The maximum absolute atomic E-state index is 14.5. The average Bonchev–Trinajstić information content (AvgIpc) is 3.32. The van der Waals surface area contributed by atoms with Crippen LogP contribution < -0.4 is 4.90 Å². The van der Waals surface area contributed by atoms with Crippen LogP contribution in [-0.4, -0.2) is 18.4 Å². The number of benzene rings is 3. The van der Waals surface area contributed by atoms with E-state index in [-0.39, 0.29) is 17.7 Å². The number of carbonyl (C=O) groups is 1. The van der Waals surface area contributed by atoms with Gasteiger partial charge in [-0.2, -0.15) is 0 Å². The summed E-state index contributed by atoms with van der Waals surface area (Å²) >= 11 is 0. The Balaban J connectivity index is 1.97. The van der Waals surface area contributed by atoms with E-state index in [0.29, 0.717) is 23.7 Å². The second kappa shape index (κ2) is 11.3. The number of rotatable bonds is 8. The second-order valence-corrected chi connectivity index (χ2v) is 12.0. The molecule has 0 aromatic heterocycles. The summed E-state index contributed by atoms with van der Waals surface area (Å²) in [5, 5.41) is 0. The fraction of sp³-hybridized carbons (Fsp3) is 0.457. The van der Waals surface area contributed by atoms with Gasteiger partial charge >= 0.3 is 0 Å². The third kappa shape index (κ3) is 5.26. The molecule has 1 fully saturated rings. The zero-order valence-electron chi connectivity index (χ0n) is 24.1. The van der Waals surface area contributed by atoms with Crippen molar-refractivity contribution in [2.24, 2.45) is 0 Å². The summed E-state index contributed by atoms with van der Waals surface area (Å²) in [5.41, 5.74) is 8.99. The molecule has 0 saturated carbocycles. The van der Waals surface area contributed by atoms with E-state index in [1.54, 1.807) is 0 Å². The Labute approximate surface area is 225 Å². The number of ketones is 1. The van der Waals surface area contributed by atoms with Crippen LogP contribution in [-0.2, 0) is 0 Å². The molecule has 1 aliphatic heterocycles. The Bertz CT molecular complexity index is 1100. The number of para-hydroxylation sites is 1. The van der Waals surface area contributed by atoms with Crippen molar-refractivity contribution < 1.29 is 4.79 Å². The Morgan fingerprint density at radius 3 is 1.57 bits per heavy atom. The molecule has 3 aromatic carbocycles. The highest BCUT2D eigenvalue weighted by atomic mass is 16.1. The number of nitrogens with zero attached hydrogens (tertiary/aromatic N) is 1. The van der Waals surface area contributed by atoms with Crippen molar-refractivity contribution in [3.63, 3.8) is 0 Å². The summed E-state index contributed by atoms with van der Waals surface area (Å²) in [5.74, 6) is 1.98. The summed E-state index contributed by atoms with van der Waals surface area (Å²) < 4.78 is 0. The molecule has 0 amide bonds. The summed E-state index contributed by atoms with van der Waals surface area (Å²) in [6, 6.07) is 23.3. The Kier molecular flexibility index (Phi) is 8.26. The number of hydrogen-bond acceptors (Lipinski definition) is 2. The molecule has 4 rings (SSSR count). The standard InChI is InChI=1S/C35H45NO/c1-22(2)27-16-12-17-28(23(3)4)32(27)31-20-21-36(34(31)35(37)26-14-10-9-11-15-26)33-29(24(5)6)18-13-19-30(33)25(7)8/h9-19,22-25,31,34H,20-21H2,1-8H3. The molecule has 0 aliphatic carbocycles. The van der Waals surface area contributed by atoms with Crippen LogP contribution in [0.25, 0.3) is 0 Å². The predicted octanol–water partition coefficient (Wildman–Crippen LogP) is 9.43. The summed E-state index contributed by atoms with van der Waals surface area (Å²) in [6.45, 7) is 19.1. The van der Waals surface area contributed by atoms with Crippen molar-refractivity contribution in [3.8, 4) is 0 Å². The molecule has 2 unspecified atom stereocenters. The second-order valence-electron chi connectivity index (χ2n) is 12.0. The van der Waals surface area contributed by atoms with Crippen LogP contribution in [0.4, 0.5) is 5.69 Å². The van der Waals surface area contributed by atoms with Gasteiger partial charge in [-0.25, -0.2) is 0 Å². The van der Waals surface area contributed by atoms with E-state index in [2.05, 4.69) is 96.7 Å². The first-order valence-electron chi connectivity index (χ1n) is 14.2. The third-order valence-corrected chi connectivity index (χ3v) is 8.14. The van der Waals surface area contributed by atoms with Gasteiger partial charge in [0.05, 0.1) is 6.04 Å². The number of anilines is 1. The van der Waals surface area contributed by atoms with Crippen LogP contribution in [0, 0.1) is 0 Å². The quantitative estimate of drug-likeness (QED) is 0.290. The van der Waals surface area contributed by atoms with Gasteiger partial charge in [-0.3, -0.25) is 4.79 Å². The molecule has 0 radical (unpaired) electrons. The SMILES string of the molecule is CC(C)c1cccc(C(C)C)c1C1CCN(c2c(C(C)C)cccc2C(C)C)C1C(=O)c1ccccc1. The van der Waals surface area contributed by atoms with Crippen molar-refractivity contribution in [1.29, 1.82) is 0 Å². The van der Waals surface area contributed by atoms with Gasteiger partial charge < -0.3 is 4.90 Å². The Morgan fingerprint density at radius 2 is 1.11 bits per heavy atom. The van der Waals surface area contributed by atoms with Crippen LogP contribution >= 0.6 is 0 Å². The zero-order valence-corrected chi connectivity index (χ0v) is 24.1. The lowest BCUT2D eigenvalue weighted by atomic mass is 9.77. The third-order valence-electron chi connectivity index (χ3n) is 8.14. The van der Waals surface area contributed by atoms with E-state index in [4.69, 9.17) is 0 Å².